The summed E-state index contributed by atoms with van der Waals surface area (Å²) in [6, 6.07) is 5.24. The first-order chi connectivity index (χ1) is 8.70. The molecule has 0 amide bonds. The zero-order chi connectivity index (χ0) is 13.0. The van der Waals surface area contributed by atoms with E-state index in [1.54, 1.807) is 6.07 Å². The van der Waals surface area contributed by atoms with Gasteiger partial charge < -0.3 is 5.32 Å². The molecule has 0 radical (unpaired) electrons. The lowest BCUT2D eigenvalue weighted by Gasteiger charge is -2.23. The van der Waals surface area contributed by atoms with Crippen molar-refractivity contribution in [1.29, 1.82) is 0 Å². The van der Waals surface area contributed by atoms with Crippen molar-refractivity contribution in [3.05, 3.63) is 34.1 Å². The Kier molecular flexibility index (Phi) is 5.19. The molecule has 1 aliphatic carbocycles. The number of halogens is 2. The third kappa shape index (κ3) is 3.55. The van der Waals surface area contributed by atoms with Crippen LogP contribution in [0.3, 0.4) is 0 Å². The molecule has 0 spiro atoms. The van der Waals surface area contributed by atoms with Crippen LogP contribution in [0.4, 0.5) is 4.39 Å². The van der Waals surface area contributed by atoms with Gasteiger partial charge in [0, 0.05) is 10.5 Å². The zero-order valence-corrected chi connectivity index (χ0v) is 12.5. The molecule has 0 aliphatic heterocycles. The Morgan fingerprint density at radius 1 is 1.39 bits per heavy atom. The van der Waals surface area contributed by atoms with E-state index in [-0.39, 0.29) is 11.9 Å². The fourth-order valence-electron chi connectivity index (χ4n) is 2.93. The van der Waals surface area contributed by atoms with Crippen molar-refractivity contribution >= 4 is 15.9 Å². The summed E-state index contributed by atoms with van der Waals surface area (Å²) in [4.78, 5) is 0. The van der Waals surface area contributed by atoms with Crippen LogP contribution in [0.25, 0.3) is 0 Å². The van der Waals surface area contributed by atoms with Crippen molar-refractivity contribution in [3.63, 3.8) is 0 Å². The van der Waals surface area contributed by atoms with E-state index in [2.05, 4.69) is 28.2 Å². The number of rotatable bonds is 5. The van der Waals surface area contributed by atoms with Crippen LogP contribution in [-0.4, -0.2) is 6.54 Å². The van der Waals surface area contributed by atoms with Gasteiger partial charge in [0.25, 0.3) is 0 Å². The molecule has 0 heterocycles. The lowest BCUT2D eigenvalue weighted by Crippen LogP contribution is -2.23. The van der Waals surface area contributed by atoms with Crippen LogP contribution in [0.1, 0.15) is 50.6 Å². The molecule has 1 saturated carbocycles. The molecule has 1 aromatic carbocycles. The van der Waals surface area contributed by atoms with E-state index in [9.17, 15) is 4.39 Å². The Balaban J connectivity index is 2.14. The summed E-state index contributed by atoms with van der Waals surface area (Å²) in [7, 11) is 0. The number of nitrogens with one attached hydrogen (secondary N) is 1. The Labute approximate surface area is 117 Å². The van der Waals surface area contributed by atoms with Crippen molar-refractivity contribution in [2.24, 2.45) is 5.92 Å². The summed E-state index contributed by atoms with van der Waals surface area (Å²) in [6.07, 6.45) is 6.49. The quantitative estimate of drug-likeness (QED) is 0.821. The first-order valence-electron chi connectivity index (χ1n) is 6.89. The Morgan fingerprint density at radius 2 is 2.11 bits per heavy atom. The van der Waals surface area contributed by atoms with Gasteiger partial charge in [-0.15, -0.1) is 0 Å². The SMILES string of the molecule is CCNC(CC1CCCC1)c1cc(F)ccc1Br. The maximum atomic E-state index is 13.4. The van der Waals surface area contributed by atoms with Gasteiger partial charge in [-0.1, -0.05) is 48.5 Å². The van der Waals surface area contributed by atoms with E-state index >= 15 is 0 Å². The zero-order valence-electron chi connectivity index (χ0n) is 10.9. The summed E-state index contributed by atoms with van der Waals surface area (Å²) in [5, 5.41) is 3.50. The van der Waals surface area contributed by atoms with Crippen LogP contribution in [0.5, 0.6) is 0 Å². The van der Waals surface area contributed by atoms with Gasteiger partial charge >= 0.3 is 0 Å². The van der Waals surface area contributed by atoms with E-state index in [1.807, 2.05) is 6.07 Å². The van der Waals surface area contributed by atoms with Crippen LogP contribution in [0, 0.1) is 11.7 Å². The maximum Gasteiger partial charge on any atom is 0.123 e. The molecular formula is C15H21BrFN. The van der Waals surface area contributed by atoms with Gasteiger partial charge in [0.2, 0.25) is 0 Å². The number of benzene rings is 1. The normalized spacial score (nSPS) is 18.2. The topological polar surface area (TPSA) is 12.0 Å². The van der Waals surface area contributed by atoms with Crippen LogP contribution < -0.4 is 5.32 Å². The van der Waals surface area contributed by atoms with Crippen molar-refractivity contribution in [2.45, 2.75) is 45.1 Å². The molecule has 1 nitrogen and oxygen atoms in total. The van der Waals surface area contributed by atoms with Crippen LogP contribution in [-0.2, 0) is 0 Å². The van der Waals surface area contributed by atoms with Crippen molar-refractivity contribution < 1.29 is 4.39 Å². The van der Waals surface area contributed by atoms with Crippen molar-refractivity contribution in [2.75, 3.05) is 6.54 Å². The van der Waals surface area contributed by atoms with Gasteiger partial charge in [-0.3, -0.25) is 0 Å². The van der Waals surface area contributed by atoms with Crippen LogP contribution in [0.15, 0.2) is 22.7 Å². The average Bonchev–Trinajstić information content (AvgIpc) is 2.85. The molecule has 0 aromatic heterocycles. The van der Waals surface area contributed by atoms with Gasteiger partial charge in [0.05, 0.1) is 0 Å². The summed E-state index contributed by atoms with van der Waals surface area (Å²) < 4.78 is 14.4. The summed E-state index contributed by atoms with van der Waals surface area (Å²) >= 11 is 3.54. The van der Waals surface area contributed by atoms with E-state index in [0.717, 1.165) is 28.9 Å². The molecule has 0 saturated heterocycles. The Morgan fingerprint density at radius 3 is 2.78 bits per heavy atom. The molecule has 1 atom stereocenters. The molecule has 18 heavy (non-hydrogen) atoms. The molecule has 100 valence electrons. The van der Waals surface area contributed by atoms with Gasteiger partial charge in [-0.2, -0.15) is 0 Å². The van der Waals surface area contributed by atoms with Crippen molar-refractivity contribution in [1.82, 2.24) is 5.32 Å². The minimum absolute atomic E-state index is 0.150. The second-order valence-corrected chi connectivity index (χ2v) is 6.02. The highest BCUT2D eigenvalue weighted by Gasteiger charge is 2.22. The first-order valence-corrected chi connectivity index (χ1v) is 7.68. The van der Waals surface area contributed by atoms with Gasteiger partial charge in [-0.05, 0) is 42.6 Å². The molecule has 1 unspecified atom stereocenters. The summed E-state index contributed by atoms with van der Waals surface area (Å²) in [5.41, 5.74) is 1.06. The maximum absolute atomic E-state index is 13.4. The predicted octanol–water partition coefficient (Wildman–Crippen LogP) is 4.82. The average molecular weight is 314 g/mol. The number of hydrogen-bond donors (Lipinski definition) is 1. The highest BCUT2D eigenvalue weighted by atomic mass is 79.9. The molecule has 2 rings (SSSR count). The van der Waals surface area contributed by atoms with Crippen LogP contribution >= 0.6 is 15.9 Å². The van der Waals surface area contributed by atoms with E-state index in [4.69, 9.17) is 0 Å². The monoisotopic (exact) mass is 313 g/mol. The third-order valence-corrected chi connectivity index (χ3v) is 4.55. The van der Waals surface area contributed by atoms with E-state index in [0.29, 0.717) is 0 Å². The van der Waals surface area contributed by atoms with E-state index < -0.39 is 0 Å². The highest BCUT2D eigenvalue weighted by Crippen LogP contribution is 2.35. The lowest BCUT2D eigenvalue weighted by molar-refractivity contribution is 0.399. The first kappa shape index (κ1) is 14.0. The molecular weight excluding hydrogens is 293 g/mol. The minimum Gasteiger partial charge on any atom is -0.310 e. The van der Waals surface area contributed by atoms with Crippen LogP contribution in [0.2, 0.25) is 0 Å². The fourth-order valence-corrected chi connectivity index (χ4v) is 3.45. The molecule has 1 aromatic rings. The third-order valence-electron chi connectivity index (χ3n) is 3.83. The molecule has 0 bridgehead atoms. The van der Waals surface area contributed by atoms with Gasteiger partial charge in [0.15, 0.2) is 0 Å². The lowest BCUT2D eigenvalue weighted by atomic mass is 9.93. The van der Waals surface area contributed by atoms with Crippen molar-refractivity contribution in [3.8, 4) is 0 Å². The molecule has 3 heteroatoms. The van der Waals surface area contributed by atoms with Gasteiger partial charge in [0.1, 0.15) is 5.82 Å². The predicted molar refractivity (Wildman–Crippen MR) is 77.1 cm³/mol. The van der Waals surface area contributed by atoms with Gasteiger partial charge in [-0.25, -0.2) is 4.39 Å². The molecule has 1 N–H and O–H groups in total. The second kappa shape index (κ2) is 6.67. The second-order valence-electron chi connectivity index (χ2n) is 5.16. The Hall–Kier alpha value is -0.410. The standard InChI is InChI=1S/C15H21BrFN/c1-2-18-15(9-11-5-3-4-6-11)13-10-12(17)7-8-14(13)16/h7-8,10-11,15,18H,2-6,9H2,1H3. The molecule has 1 aliphatic rings. The minimum atomic E-state index is -0.150. The highest BCUT2D eigenvalue weighted by molar-refractivity contribution is 9.10. The Bertz CT molecular complexity index is 388. The summed E-state index contributed by atoms with van der Waals surface area (Å²) in [5.74, 6) is 0.645. The largest absolute Gasteiger partial charge is 0.310 e. The van der Waals surface area contributed by atoms with E-state index in [1.165, 1.54) is 31.7 Å². The fraction of sp³-hybridized carbons (Fsp3) is 0.600. The summed E-state index contributed by atoms with van der Waals surface area (Å²) in [6.45, 7) is 3.02. The molecule has 1 fully saturated rings. The smallest absolute Gasteiger partial charge is 0.123 e. The number of hydrogen-bond acceptors (Lipinski definition) is 1.